The number of nitrogens with one attached hydrogen (secondary N) is 1. The Morgan fingerprint density at radius 3 is 2.54 bits per heavy atom. The summed E-state index contributed by atoms with van der Waals surface area (Å²) >= 11 is 0. The minimum Gasteiger partial charge on any atom is -0.318 e. The second-order valence-corrected chi connectivity index (χ2v) is 3.93. The summed E-state index contributed by atoms with van der Waals surface area (Å²) in [6.45, 7) is 6.83. The van der Waals surface area contributed by atoms with E-state index in [0.717, 1.165) is 19.1 Å². The number of unbranched alkanes of at least 4 members (excludes halogenated alkanes) is 2. The Morgan fingerprint density at radius 2 is 2.00 bits per heavy atom. The maximum absolute atomic E-state index is 3.18. The van der Waals surface area contributed by atoms with E-state index >= 15 is 0 Å². The number of hydrogen-bond donors (Lipinski definition) is 1. The molecular formula is C11H26N2. The molecule has 1 atom stereocenters. The van der Waals surface area contributed by atoms with Crippen molar-refractivity contribution in [2.24, 2.45) is 0 Å². The van der Waals surface area contributed by atoms with Gasteiger partial charge in [0.05, 0.1) is 0 Å². The smallest absolute Gasteiger partial charge is 0.0106 e. The van der Waals surface area contributed by atoms with Crippen LogP contribution in [0.3, 0.4) is 0 Å². The first-order valence-corrected chi connectivity index (χ1v) is 5.57. The Kier molecular flexibility index (Phi) is 8.46. The number of likely N-dealkylation sites (N-methyl/N-ethyl adjacent to an activating group) is 2. The number of rotatable bonds is 8. The van der Waals surface area contributed by atoms with Gasteiger partial charge in [-0.25, -0.2) is 0 Å². The van der Waals surface area contributed by atoms with Gasteiger partial charge in [-0.15, -0.1) is 0 Å². The molecule has 0 rings (SSSR count). The average molecular weight is 186 g/mol. The highest BCUT2D eigenvalue weighted by atomic mass is 15.1. The first kappa shape index (κ1) is 12.9. The summed E-state index contributed by atoms with van der Waals surface area (Å²) in [5, 5.41) is 3.18. The summed E-state index contributed by atoms with van der Waals surface area (Å²) in [6.07, 6.45) is 5.42. The monoisotopic (exact) mass is 186 g/mol. The maximum atomic E-state index is 3.18. The molecule has 0 aromatic carbocycles. The van der Waals surface area contributed by atoms with E-state index in [9.17, 15) is 0 Å². The zero-order valence-corrected chi connectivity index (χ0v) is 9.77. The van der Waals surface area contributed by atoms with Crippen LogP contribution < -0.4 is 5.32 Å². The summed E-state index contributed by atoms with van der Waals surface area (Å²) < 4.78 is 0. The molecule has 0 saturated carbocycles. The van der Waals surface area contributed by atoms with Crippen molar-refractivity contribution in [2.75, 3.05) is 27.2 Å². The van der Waals surface area contributed by atoms with Crippen molar-refractivity contribution in [1.82, 2.24) is 10.2 Å². The predicted molar refractivity (Wildman–Crippen MR) is 60.2 cm³/mol. The third-order valence-electron chi connectivity index (χ3n) is 2.69. The van der Waals surface area contributed by atoms with Crippen molar-refractivity contribution in [3.05, 3.63) is 0 Å². The van der Waals surface area contributed by atoms with E-state index in [1.54, 1.807) is 0 Å². The minimum atomic E-state index is 0.736. The van der Waals surface area contributed by atoms with Crippen LogP contribution in [0.15, 0.2) is 0 Å². The average Bonchev–Trinajstić information content (AvgIpc) is 2.14. The maximum Gasteiger partial charge on any atom is 0.0106 e. The molecule has 80 valence electrons. The molecule has 2 heteroatoms. The van der Waals surface area contributed by atoms with Crippen LogP contribution in [0.2, 0.25) is 0 Å². The van der Waals surface area contributed by atoms with Crippen molar-refractivity contribution in [1.29, 1.82) is 0 Å². The Hall–Kier alpha value is -0.0800. The van der Waals surface area contributed by atoms with Crippen LogP contribution >= 0.6 is 0 Å². The Labute approximate surface area is 83.7 Å². The lowest BCUT2D eigenvalue weighted by Crippen LogP contribution is -2.34. The first-order valence-electron chi connectivity index (χ1n) is 5.57. The van der Waals surface area contributed by atoms with Gasteiger partial charge in [0.15, 0.2) is 0 Å². The molecule has 0 aromatic heterocycles. The van der Waals surface area contributed by atoms with Gasteiger partial charge < -0.3 is 10.2 Å². The molecule has 0 bridgehead atoms. The second-order valence-electron chi connectivity index (χ2n) is 3.93. The molecule has 0 aliphatic carbocycles. The highest BCUT2D eigenvalue weighted by Gasteiger charge is 2.06. The molecule has 0 spiro atoms. The van der Waals surface area contributed by atoms with Crippen molar-refractivity contribution >= 4 is 0 Å². The molecule has 0 aromatic rings. The number of hydrogen-bond acceptors (Lipinski definition) is 2. The van der Waals surface area contributed by atoms with Gasteiger partial charge in [0.25, 0.3) is 0 Å². The zero-order valence-electron chi connectivity index (χ0n) is 9.77. The zero-order chi connectivity index (χ0) is 10.1. The molecule has 0 radical (unpaired) electrons. The fourth-order valence-corrected chi connectivity index (χ4v) is 1.42. The van der Waals surface area contributed by atoms with Crippen molar-refractivity contribution in [3.63, 3.8) is 0 Å². The van der Waals surface area contributed by atoms with Crippen LogP contribution in [0.25, 0.3) is 0 Å². The van der Waals surface area contributed by atoms with E-state index in [4.69, 9.17) is 0 Å². The summed E-state index contributed by atoms with van der Waals surface area (Å²) in [6, 6.07) is 0.736. The molecule has 0 aliphatic heterocycles. The van der Waals surface area contributed by atoms with Crippen LogP contribution in [-0.4, -0.2) is 38.1 Å². The SMILES string of the molecule is CCCCCC(C)N(C)CCNC. The molecule has 0 heterocycles. The van der Waals surface area contributed by atoms with Gasteiger partial charge >= 0.3 is 0 Å². The highest BCUT2D eigenvalue weighted by Crippen LogP contribution is 2.07. The largest absolute Gasteiger partial charge is 0.318 e. The Morgan fingerprint density at radius 1 is 1.31 bits per heavy atom. The lowest BCUT2D eigenvalue weighted by Gasteiger charge is -2.24. The van der Waals surface area contributed by atoms with Crippen LogP contribution in [-0.2, 0) is 0 Å². The van der Waals surface area contributed by atoms with E-state index in [1.807, 2.05) is 7.05 Å². The third-order valence-corrected chi connectivity index (χ3v) is 2.69. The lowest BCUT2D eigenvalue weighted by molar-refractivity contribution is 0.243. The van der Waals surface area contributed by atoms with Crippen LogP contribution in [0.4, 0.5) is 0 Å². The molecule has 0 fully saturated rings. The van der Waals surface area contributed by atoms with Gasteiger partial charge in [-0.3, -0.25) is 0 Å². The topological polar surface area (TPSA) is 15.3 Å². The van der Waals surface area contributed by atoms with Crippen LogP contribution in [0, 0.1) is 0 Å². The Bertz CT molecular complexity index is 104. The molecule has 1 N–H and O–H groups in total. The van der Waals surface area contributed by atoms with Crippen LogP contribution in [0.5, 0.6) is 0 Å². The molecule has 0 aliphatic rings. The van der Waals surface area contributed by atoms with Gasteiger partial charge in [-0.1, -0.05) is 26.2 Å². The summed E-state index contributed by atoms with van der Waals surface area (Å²) in [5.74, 6) is 0. The molecule has 1 unspecified atom stereocenters. The van der Waals surface area contributed by atoms with Crippen LogP contribution in [0.1, 0.15) is 39.5 Å². The third kappa shape index (κ3) is 7.03. The summed E-state index contributed by atoms with van der Waals surface area (Å²) in [4.78, 5) is 2.44. The van der Waals surface area contributed by atoms with E-state index in [-0.39, 0.29) is 0 Å². The summed E-state index contributed by atoms with van der Waals surface area (Å²) in [7, 11) is 4.23. The van der Waals surface area contributed by atoms with Crippen molar-refractivity contribution in [3.8, 4) is 0 Å². The molecule has 13 heavy (non-hydrogen) atoms. The van der Waals surface area contributed by atoms with E-state index in [0.29, 0.717) is 0 Å². The van der Waals surface area contributed by atoms with Gasteiger partial charge in [-0.2, -0.15) is 0 Å². The fraction of sp³-hybridized carbons (Fsp3) is 1.00. The normalized spacial score (nSPS) is 13.6. The quantitative estimate of drug-likeness (QED) is 0.584. The highest BCUT2D eigenvalue weighted by molar-refractivity contribution is 4.63. The molecule has 0 amide bonds. The lowest BCUT2D eigenvalue weighted by atomic mass is 10.1. The fourth-order valence-electron chi connectivity index (χ4n) is 1.42. The molecular weight excluding hydrogens is 160 g/mol. The summed E-state index contributed by atoms with van der Waals surface area (Å²) in [5.41, 5.74) is 0. The van der Waals surface area contributed by atoms with Gasteiger partial charge in [0.1, 0.15) is 0 Å². The first-order chi connectivity index (χ1) is 6.22. The van der Waals surface area contributed by atoms with Crippen molar-refractivity contribution in [2.45, 2.75) is 45.6 Å². The Balaban J connectivity index is 3.38. The standard InChI is InChI=1S/C11H26N2/c1-5-6-7-8-11(2)13(4)10-9-12-3/h11-12H,5-10H2,1-4H3. The molecule has 2 nitrogen and oxygen atoms in total. The predicted octanol–water partition coefficient (Wildman–Crippen LogP) is 2.11. The van der Waals surface area contributed by atoms with Gasteiger partial charge in [-0.05, 0) is 27.4 Å². The van der Waals surface area contributed by atoms with E-state index in [2.05, 4.69) is 31.1 Å². The van der Waals surface area contributed by atoms with E-state index < -0.39 is 0 Å². The molecule has 0 saturated heterocycles. The van der Waals surface area contributed by atoms with Crippen molar-refractivity contribution < 1.29 is 0 Å². The second kappa shape index (κ2) is 8.52. The number of nitrogens with zero attached hydrogens (tertiary/aromatic N) is 1. The van der Waals surface area contributed by atoms with Gasteiger partial charge in [0, 0.05) is 19.1 Å². The van der Waals surface area contributed by atoms with E-state index in [1.165, 1.54) is 25.7 Å². The van der Waals surface area contributed by atoms with Gasteiger partial charge in [0.2, 0.25) is 0 Å². The minimum absolute atomic E-state index is 0.736.